The van der Waals surface area contributed by atoms with Gasteiger partial charge >= 0.3 is 0 Å². The van der Waals surface area contributed by atoms with Crippen molar-refractivity contribution >= 4 is 5.95 Å². The second kappa shape index (κ2) is 4.92. The molecule has 13 heavy (non-hydrogen) atoms. The number of anilines is 1. The number of pyridine rings is 1. The van der Waals surface area contributed by atoms with Gasteiger partial charge in [-0.3, -0.25) is 4.98 Å². The Bertz CT molecular complexity index is 285. The molecule has 68 valence electrons. The van der Waals surface area contributed by atoms with Crippen molar-refractivity contribution in [3.05, 3.63) is 43.0 Å². The average molecular weight is 176 g/mol. The van der Waals surface area contributed by atoms with E-state index in [9.17, 15) is 0 Å². The van der Waals surface area contributed by atoms with E-state index in [1.54, 1.807) is 29.4 Å². The maximum Gasteiger partial charge on any atom is 0.199 e. The topological polar surface area (TPSA) is 56.7 Å². The molecule has 2 aromatic rings. The Morgan fingerprint density at radius 3 is 2.00 bits per heavy atom. The summed E-state index contributed by atoms with van der Waals surface area (Å²) in [5.74, 6) is 0.556. The summed E-state index contributed by atoms with van der Waals surface area (Å²) in [5.41, 5.74) is 5.29. The van der Waals surface area contributed by atoms with E-state index in [0.29, 0.717) is 5.95 Å². The predicted octanol–water partition coefficient (Wildman–Crippen LogP) is 1.08. The molecule has 0 saturated carbocycles. The highest BCUT2D eigenvalue weighted by Crippen LogP contribution is 1.90. The average Bonchev–Trinajstić information content (AvgIpc) is 2.55. The Morgan fingerprint density at radius 1 is 1.15 bits per heavy atom. The Hall–Kier alpha value is -1.84. The number of hydrogen-bond donors (Lipinski definition) is 1. The van der Waals surface area contributed by atoms with E-state index in [1.165, 1.54) is 0 Å². The quantitative estimate of drug-likeness (QED) is 0.653. The van der Waals surface area contributed by atoms with Crippen molar-refractivity contribution in [2.24, 2.45) is 7.05 Å². The predicted molar refractivity (Wildman–Crippen MR) is 51.9 cm³/mol. The summed E-state index contributed by atoms with van der Waals surface area (Å²) in [6, 6.07) is 5.72. The summed E-state index contributed by atoms with van der Waals surface area (Å²) >= 11 is 0. The van der Waals surface area contributed by atoms with Crippen molar-refractivity contribution in [1.29, 1.82) is 0 Å². The monoisotopic (exact) mass is 176 g/mol. The minimum atomic E-state index is 0.556. The van der Waals surface area contributed by atoms with Crippen molar-refractivity contribution in [3.8, 4) is 0 Å². The van der Waals surface area contributed by atoms with Gasteiger partial charge in [-0.1, -0.05) is 6.07 Å². The van der Waals surface area contributed by atoms with Crippen LogP contribution in [0.3, 0.4) is 0 Å². The molecular formula is C9H12N4. The summed E-state index contributed by atoms with van der Waals surface area (Å²) < 4.78 is 1.75. The summed E-state index contributed by atoms with van der Waals surface area (Å²) in [5, 5.41) is 0. The van der Waals surface area contributed by atoms with Crippen LogP contribution in [0.5, 0.6) is 0 Å². The molecular weight excluding hydrogens is 164 g/mol. The fraction of sp³-hybridized carbons (Fsp3) is 0.111. The summed E-state index contributed by atoms with van der Waals surface area (Å²) in [6.07, 6.45) is 6.96. The minimum Gasteiger partial charge on any atom is -0.369 e. The maximum absolute atomic E-state index is 5.29. The fourth-order valence-electron chi connectivity index (χ4n) is 0.690. The van der Waals surface area contributed by atoms with Gasteiger partial charge in [0.05, 0.1) is 0 Å². The molecule has 2 heterocycles. The highest BCUT2D eigenvalue weighted by Gasteiger charge is 1.84. The van der Waals surface area contributed by atoms with Gasteiger partial charge < -0.3 is 10.3 Å². The van der Waals surface area contributed by atoms with E-state index in [1.807, 2.05) is 25.2 Å². The largest absolute Gasteiger partial charge is 0.369 e. The minimum absolute atomic E-state index is 0.556. The molecule has 4 heteroatoms. The van der Waals surface area contributed by atoms with Crippen LogP contribution < -0.4 is 5.73 Å². The van der Waals surface area contributed by atoms with Crippen LogP contribution in [-0.4, -0.2) is 14.5 Å². The van der Waals surface area contributed by atoms with E-state index in [4.69, 9.17) is 5.73 Å². The first-order valence-corrected chi connectivity index (χ1v) is 3.88. The van der Waals surface area contributed by atoms with Crippen molar-refractivity contribution in [2.75, 3.05) is 5.73 Å². The molecule has 0 saturated heterocycles. The van der Waals surface area contributed by atoms with Gasteiger partial charge in [0, 0.05) is 31.8 Å². The van der Waals surface area contributed by atoms with Crippen molar-refractivity contribution < 1.29 is 0 Å². The molecule has 0 amide bonds. The number of aryl methyl sites for hydroxylation is 1. The molecule has 2 rings (SSSR count). The van der Waals surface area contributed by atoms with Crippen molar-refractivity contribution in [3.63, 3.8) is 0 Å². The van der Waals surface area contributed by atoms with Crippen LogP contribution in [0.25, 0.3) is 0 Å². The zero-order chi connectivity index (χ0) is 9.52. The lowest BCUT2D eigenvalue weighted by molar-refractivity contribution is 0.930. The molecule has 0 aliphatic heterocycles. The van der Waals surface area contributed by atoms with Crippen LogP contribution in [0.2, 0.25) is 0 Å². The molecule has 0 spiro atoms. The first-order valence-electron chi connectivity index (χ1n) is 3.88. The number of aromatic nitrogens is 3. The molecule has 2 aromatic heterocycles. The smallest absolute Gasteiger partial charge is 0.199 e. The molecule has 0 aliphatic carbocycles. The van der Waals surface area contributed by atoms with Crippen LogP contribution >= 0.6 is 0 Å². The number of hydrogen-bond acceptors (Lipinski definition) is 3. The zero-order valence-electron chi connectivity index (χ0n) is 7.46. The fourth-order valence-corrected chi connectivity index (χ4v) is 0.690. The number of nitrogen functional groups attached to an aromatic ring is 1. The van der Waals surface area contributed by atoms with Gasteiger partial charge in [0.2, 0.25) is 0 Å². The number of nitrogens with two attached hydrogens (primary N) is 1. The van der Waals surface area contributed by atoms with Gasteiger partial charge in [-0.05, 0) is 12.1 Å². The van der Waals surface area contributed by atoms with Gasteiger partial charge in [-0.15, -0.1) is 0 Å². The first-order chi connectivity index (χ1) is 6.30. The number of rotatable bonds is 0. The summed E-state index contributed by atoms with van der Waals surface area (Å²) in [6.45, 7) is 0. The van der Waals surface area contributed by atoms with Crippen LogP contribution in [-0.2, 0) is 7.05 Å². The lowest BCUT2D eigenvalue weighted by Crippen LogP contribution is -1.94. The molecule has 4 nitrogen and oxygen atoms in total. The van der Waals surface area contributed by atoms with Gasteiger partial charge in [-0.25, -0.2) is 4.98 Å². The number of imidazole rings is 1. The summed E-state index contributed by atoms with van der Waals surface area (Å²) in [7, 11) is 1.85. The van der Waals surface area contributed by atoms with Gasteiger partial charge in [0.15, 0.2) is 5.95 Å². The van der Waals surface area contributed by atoms with Gasteiger partial charge in [0.25, 0.3) is 0 Å². The third-order valence-electron chi connectivity index (χ3n) is 1.42. The Balaban J connectivity index is 0.000000132. The maximum atomic E-state index is 5.29. The Morgan fingerprint density at radius 2 is 1.85 bits per heavy atom. The Labute approximate surface area is 77.1 Å². The molecule has 0 unspecified atom stereocenters. The van der Waals surface area contributed by atoms with Gasteiger partial charge in [-0.2, -0.15) is 0 Å². The van der Waals surface area contributed by atoms with E-state index < -0.39 is 0 Å². The third kappa shape index (κ3) is 3.37. The highest BCUT2D eigenvalue weighted by atomic mass is 15.1. The molecule has 2 N–H and O–H groups in total. The van der Waals surface area contributed by atoms with Crippen LogP contribution in [0.15, 0.2) is 43.0 Å². The second-order valence-corrected chi connectivity index (χ2v) is 2.42. The normalized spacial score (nSPS) is 8.69. The first kappa shape index (κ1) is 9.25. The molecule has 0 fully saturated rings. The Kier molecular flexibility index (Phi) is 3.50. The second-order valence-electron chi connectivity index (χ2n) is 2.42. The molecule has 0 radical (unpaired) electrons. The molecule has 0 bridgehead atoms. The van der Waals surface area contributed by atoms with Crippen LogP contribution in [0, 0.1) is 0 Å². The number of nitrogens with zero attached hydrogens (tertiary/aromatic N) is 3. The summed E-state index contributed by atoms with van der Waals surface area (Å²) in [4.78, 5) is 7.54. The van der Waals surface area contributed by atoms with E-state index in [-0.39, 0.29) is 0 Å². The van der Waals surface area contributed by atoms with Crippen LogP contribution in [0.4, 0.5) is 5.95 Å². The SMILES string of the molecule is Cn1ccnc1N.c1ccncc1. The molecule has 0 aliphatic rings. The standard InChI is InChI=1S/C5H5N.C4H7N3/c1-2-4-6-5-3-1;1-7-3-2-6-4(7)5/h1-5H;2-3H,1H3,(H2,5,6). The highest BCUT2D eigenvalue weighted by molar-refractivity contribution is 5.15. The van der Waals surface area contributed by atoms with Gasteiger partial charge in [0.1, 0.15) is 0 Å². The van der Waals surface area contributed by atoms with E-state index >= 15 is 0 Å². The van der Waals surface area contributed by atoms with Crippen molar-refractivity contribution in [2.45, 2.75) is 0 Å². The zero-order valence-corrected chi connectivity index (χ0v) is 7.46. The van der Waals surface area contributed by atoms with Crippen LogP contribution in [0.1, 0.15) is 0 Å². The lowest BCUT2D eigenvalue weighted by atomic mass is 10.5. The van der Waals surface area contributed by atoms with Crippen molar-refractivity contribution in [1.82, 2.24) is 14.5 Å². The van der Waals surface area contributed by atoms with E-state index in [2.05, 4.69) is 9.97 Å². The lowest BCUT2D eigenvalue weighted by Gasteiger charge is -1.87. The molecule has 0 aromatic carbocycles. The third-order valence-corrected chi connectivity index (χ3v) is 1.42. The van der Waals surface area contributed by atoms with E-state index in [0.717, 1.165) is 0 Å². The molecule has 0 atom stereocenters.